The molecule has 0 amide bonds. The van der Waals surface area contributed by atoms with Crippen LogP contribution in [0.3, 0.4) is 0 Å². The number of thiophene rings is 1. The third kappa shape index (κ3) is 3.39. The number of hydrogen-bond donors (Lipinski definition) is 1. The van der Waals surface area contributed by atoms with Gasteiger partial charge in [0.25, 0.3) is 0 Å². The van der Waals surface area contributed by atoms with E-state index in [2.05, 4.69) is 28.8 Å². The Balaban J connectivity index is 1.59. The molecule has 5 heteroatoms. The maximum absolute atomic E-state index is 12.2. The Bertz CT molecular complexity index is 1340. The summed E-state index contributed by atoms with van der Waals surface area (Å²) in [5.74, 6) is -0.826. The van der Waals surface area contributed by atoms with Gasteiger partial charge < -0.3 is 9.67 Å². The number of carbonyl (C=O) groups is 1. The molecule has 0 unspecified atom stereocenters. The first-order valence-corrected chi connectivity index (χ1v) is 11.4. The average Bonchev–Trinajstić information content (AvgIpc) is 3.28. The third-order valence-corrected chi connectivity index (χ3v) is 7.43. The maximum Gasteiger partial charge on any atom is 0.339 e. The highest BCUT2D eigenvalue weighted by Gasteiger charge is 2.27. The molecule has 156 valence electrons. The van der Waals surface area contributed by atoms with E-state index in [-0.39, 0.29) is 0 Å². The fourth-order valence-electron chi connectivity index (χ4n) is 4.62. The van der Waals surface area contributed by atoms with E-state index in [1.54, 1.807) is 11.3 Å². The van der Waals surface area contributed by atoms with Gasteiger partial charge >= 0.3 is 5.97 Å². The van der Waals surface area contributed by atoms with Crippen LogP contribution >= 0.6 is 11.3 Å². The van der Waals surface area contributed by atoms with Crippen LogP contribution in [0.4, 0.5) is 5.69 Å². The monoisotopic (exact) mass is 428 g/mol. The van der Waals surface area contributed by atoms with Gasteiger partial charge in [0, 0.05) is 33.4 Å². The smallest absolute Gasteiger partial charge is 0.339 e. The van der Waals surface area contributed by atoms with E-state index in [4.69, 9.17) is 4.99 Å². The number of aromatic carboxylic acids is 1. The first-order chi connectivity index (χ1) is 15.0. The van der Waals surface area contributed by atoms with E-state index >= 15 is 0 Å². The number of aryl methyl sites for hydroxylation is 2. The molecule has 2 aromatic carbocycles. The molecular formula is C26H24N2O2S. The second-order valence-corrected chi connectivity index (χ2v) is 9.20. The summed E-state index contributed by atoms with van der Waals surface area (Å²) in [5.41, 5.74) is 5.51. The number of hydrogen-bond acceptors (Lipinski definition) is 3. The van der Waals surface area contributed by atoms with E-state index in [0.717, 1.165) is 69.7 Å². The zero-order chi connectivity index (χ0) is 21.5. The quantitative estimate of drug-likeness (QED) is 0.371. The Hall–Kier alpha value is -3.18. The summed E-state index contributed by atoms with van der Waals surface area (Å²) in [4.78, 5) is 18.2. The predicted octanol–water partition coefficient (Wildman–Crippen LogP) is 6.64. The summed E-state index contributed by atoms with van der Waals surface area (Å²) in [5, 5.41) is 13.1. The Kier molecular flexibility index (Phi) is 4.98. The third-order valence-electron chi connectivity index (χ3n) is 6.15. The van der Waals surface area contributed by atoms with Gasteiger partial charge in [0.15, 0.2) is 0 Å². The number of fused-ring (bicyclic) bond motifs is 2. The molecule has 0 fully saturated rings. The summed E-state index contributed by atoms with van der Waals surface area (Å²) in [7, 11) is 0. The molecule has 0 atom stereocenters. The molecular weight excluding hydrogens is 404 g/mol. The highest BCUT2D eigenvalue weighted by Crippen LogP contribution is 2.38. The fraction of sp³-hybridized carbons (Fsp3) is 0.231. The summed E-state index contributed by atoms with van der Waals surface area (Å²) in [6.07, 6.45) is 5.94. The first kappa shape index (κ1) is 19.8. The van der Waals surface area contributed by atoms with Crippen molar-refractivity contribution in [1.29, 1.82) is 0 Å². The van der Waals surface area contributed by atoms with Crippen LogP contribution in [-0.2, 0) is 12.8 Å². The lowest BCUT2D eigenvalue weighted by molar-refractivity contribution is 0.0696. The van der Waals surface area contributed by atoms with Crippen LogP contribution < -0.4 is 0 Å². The molecule has 4 aromatic rings. The molecule has 1 aliphatic rings. The SMILES string of the molecule is Cc1cc(C=Nc2cccc3ccccc23)c(C)n1-c1sc2c(c1C(=O)O)CCCC2. The standard InChI is InChI=1S/C26H24N2O2S/c1-16-14-19(15-27-22-12-7-9-18-8-3-4-10-20(18)22)17(2)28(16)25-24(26(29)30)21-11-5-6-13-23(21)31-25/h3-4,7-10,12,14-15H,5-6,11,13H2,1-2H3,(H,29,30). The van der Waals surface area contributed by atoms with E-state index in [1.165, 1.54) is 4.88 Å². The molecule has 2 aromatic heterocycles. The van der Waals surface area contributed by atoms with Crippen molar-refractivity contribution in [2.24, 2.45) is 4.99 Å². The van der Waals surface area contributed by atoms with Gasteiger partial charge in [0.1, 0.15) is 5.00 Å². The van der Waals surface area contributed by atoms with Gasteiger partial charge in [0.2, 0.25) is 0 Å². The minimum atomic E-state index is -0.826. The van der Waals surface area contributed by atoms with Crippen molar-refractivity contribution in [1.82, 2.24) is 4.57 Å². The van der Waals surface area contributed by atoms with Gasteiger partial charge in [-0.1, -0.05) is 36.4 Å². The van der Waals surface area contributed by atoms with Gasteiger partial charge in [-0.05, 0) is 62.6 Å². The number of aliphatic imine (C=N–C) groups is 1. The summed E-state index contributed by atoms with van der Waals surface area (Å²) in [6, 6.07) is 16.5. The lowest BCUT2D eigenvalue weighted by atomic mass is 9.95. The number of carboxylic acid groups (broad SMARTS) is 1. The Morgan fingerprint density at radius 2 is 1.87 bits per heavy atom. The Morgan fingerprint density at radius 3 is 2.71 bits per heavy atom. The Morgan fingerprint density at radius 1 is 1.10 bits per heavy atom. The molecule has 0 saturated carbocycles. The van der Waals surface area contributed by atoms with Gasteiger partial charge in [-0.2, -0.15) is 0 Å². The summed E-state index contributed by atoms with van der Waals surface area (Å²) in [6.45, 7) is 4.08. The number of aromatic nitrogens is 1. The minimum absolute atomic E-state index is 0.485. The van der Waals surface area contributed by atoms with Crippen molar-refractivity contribution in [2.45, 2.75) is 39.5 Å². The fourth-order valence-corrected chi connectivity index (χ4v) is 6.11. The molecule has 2 heterocycles. The molecule has 0 radical (unpaired) electrons. The second-order valence-electron chi connectivity index (χ2n) is 8.11. The van der Waals surface area contributed by atoms with E-state index in [1.807, 2.05) is 44.3 Å². The minimum Gasteiger partial charge on any atom is -0.478 e. The van der Waals surface area contributed by atoms with Gasteiger partial charge in [-0.3, -0.25) is 4.99 Å². The molecule has 0 bridgehead atoms. The van der Waals surface area contributed by atoms with E-state index in [0.29, 0.717) is 5.56 Å². The number of carboxylic acids is 1. The molecule has 1 aliphatic carbocycles. The van der Waals surface area contributed by atoms with Crippen LogP contribution in [-0.4, -0.2) is 21.9 Å². The largest absolute Gasteiger partial charge is 0.478 e. The van der Waals surface area contributed by atoms with Crippen LogP contribution in [0.1, 0.15) is 50.6 Å². The van der Waals surface area contributed by atoms with Crippen LogP contribution in [0, 0.1) is 13.8 Å². The van der Waals surface area contributed by atoms with Crippen molar-refractivity contribution < 1.29 is 9.90 Å². The van der Waals surface area contributed by atoms with Crippen LogP contribution in [0.15, 0.2) is 53.5 Å². The maximum atomic E-state index is 12.2. The zero-order valence-electron chi connectivity index (χ0n) is 17.7. The summed E-state index contributed by atoms with van der Waals surface area (Å²) < 4.78 is 2.09. The number of nitrogens with zero attached hydrogens (tertiary/aromatic N) is 2. The molecule has 31 heavy (non-hydrogen) atoms. The van der Waals surface area contributed by atoms with Crippen molar-refractivity contribution in [3.05, 3.63) is 81.5 Å². The molecule has 0 spiro atoms. The van der Waals surface area contributed by atoms with Crippen molar-refractivity contribution >= 4 is 40.0 Å². The van der Waals surface area contributed by atoms with Gasteiger partial charge in [-0.15, -0.1) is 11.3 Å². The van der Waals surface area contributed by atoms with Gasteiger partial charge in [-0.25, -0.2) is 4.79 Å². The molecule has 5 rings (SSSR count). The van der Waals surface area contributed by atoms with Crippen molar-refractivity contribution in [3.63, 3.8) is 0 Å². The van der Waals surface area contributed by atoms with Crippen molar-refractivity contribution in [3.8, 4) is 5.00 Å². The number of rotatable bonds is 4. The predicted molar refractivity (Wildman–Crippen MR) is 128 cm³/mol. The van der Waals surface area contributed by atoms with Crippen LogP contribution in [0.2, 0.25) is 0 Å². The molecule has 4 nitrogen and oxygen atoms in total. The average molecular weight is 429 g/mol. The lowest BCUT2D eigenvalue weighted by Gasteiger charge is -2.11. The molecule has 0 aliphatic heterocycles. The summed E-state index contributed by atoms with van der Waals surface area (Å²) >= 11 is 1.64. The molecule has 0 saturated heterocycles. The topological polar surface area (TPSA) is 54.6 Å². The zero-order valence-corrected chi connectivity index (χ0v) is 18.5. The second kappa shape index (κ2) is 7.82. The lowest BCUT2D eigenvalue weighted by Crippen LogP contribution is -2.09. The number of benzene rings is 2. The normalized spacial score (nSPS) is 13.7. The van der Waals surface area contributed by atoms with Crippen molar-refractivity contribution in [2.75, 3.05) is 0 Å². The van der Waals surface area contributed by atoms with Crippen LogP contribution in [0.5, 0.6) is 0 Å². The van der Waals surface area contributed by atoms with E-state index in [9.17, 15) is 9.90 Å². The van der Waals surface area contributed by atoms with Gasteiger partial charge in [0.05, 0.1) is 11.3 Å². The molecule has 1 N–H and O–H groups in total. The first-order valence-electron chi connectivity index (χ1n) is 10.6. The van der Waals surface area contributed by atoms with Crippen LogP contribution in [0.25, 0.3) is 15.8 Å². The van der Waals surface area contributed by atoms with E-state index < -0.39 is 5.97 Å². The highest BCUT2D eigenvalue weighted by molar-refractivity contribution is 7.15. The highest BCUT2D eigenvalue weighted by atomic mass is 32.1. The Labute approximate surface area is 185 Å².